The molecule has 3 nitrogen and oxygen atoms in total. The van der Waals surface area contributed by atoms with Gasteiger partial charge in [0.2, 0.25) is 0 Å². The Morgan fingerprint density at radius 3 is 2.67 bits per heavy atom. The first-order valence-corrected chi connectivity index (χ1v) is 5.46. The first kappa shape index (κ1) is 9.71. The fourth-order valence-electron chi connectivity index (χ4n) is 1.35. The molecule has 1 aliphatic carbocycles. The highest BCUT2D eigenvalue weighted by Gasteiger charge is 2.35. The zero-order valence-electron chi connectivity index (χ0n) is 7.76. The summed E-state index contributed by atoms with van der Waals surface area (Å²) >= 11 is 1.94. The number of hydrogen-bond acceptors (Lipinski definition) is 2. The molecular weight excluding hydrogens is 170 g/mol. The van der Waals surface area contributed by atoms with E-state index in [-0.39, 0.29) is 0 Å². The van der Waals surface area contributed by atoms with Crippen molar-refractivity contribution in [2.75, 3.05) is 19.8 Å². The lowest BCUT2D eigenvalue weighted by Gasteiger charge is -2.40. The molecule has 0 aromatic heterocycles. The lowest BCUT2D eigenvalue weighted by Crippen LogP contribution is -2.47. The summed E-state index contributed by atoms with van der Waals surface area (Å²) in [7, 11) is 1.70. The van der Waals surface area contributed by atoms with Crippen molar-refractivity contribution < 1.29 is 0 Å². The Bertz CT molecular complexity index is 170. The molecule has 12 heavy (non-hydrogen) atoms. The van der Waals surface area contributed by atoms with E-state index in [0.29, 0.717) is 10.7 Å². The Balaban J connectivity index is 2.29. The molecule has 0 saturated heterocycles. The topological polar surface area (TPSA) is 50.4 Å². The van der Waals surface area contributed by atoms with E-state index in [9.17, 15) is 0 Å². The van der Waals surface area contributed by atoms with E-state index in [1.165, 1.54) is 19.3 Å². The minimum atomic E-state index is 0.440. The van der Waals surface area contributed by atoms with Gasteiger partial charge in [0, 0.05) is 18.3 Å². The first-order valence-electron chi connectivity index (χ1n) is 4.24. The Morgan fingerprint density at radius 1 is 1.67 bits per heavy atom. The molecule has 70 valence electrons. The molecule has 0 amide bonds. The lowest BCUT2D eigenvalue weighted by molar-refractivity contribution is 0.361. The van der Waals surface area contributed by atoms with E-state index in [0.717, 1.165) is 6.54 Å². The molecule has 1 aliphatic rings. The summed E-state index contributed by atoms with van der Waals surface area (Å²) in [6.45, 7) is 0.956. The fraction of sp³-hybridized carbons (Fsp3) is 0.875. The molecule has 0 unspecified atom stereocenters. The number of guanidine groups is 1. The Morgan fingerprint density at radius 2 is 2.33 bits per heavy atom. The molecule has 0 aromatic carbocycles. The van der Waals surface area contributed by atoms with E-state index in [4.69, 9.17) is 5.73 Å². The summed E-state index contributed by atoms with van der Waals surface area (Å²) < 4.78 is 0.440. The third kappa shape index (κ3) is 2.06. The number of thioether (sulfide) groups is 1. The Kier molecular flexibility index (Phi) is 3.26. The second-order valence-electron chi connectivity index (χ2n) is 3.20. The molecule has 0 aliphatic heterocycles. The zero-order valence-corrected chi connectivity index (χ0v) is 8.58. The van der Waals surface area contributed by atoms with Gasteiger partial charge in [-0.1, -0.05) is 6.42 Å². The maximum absolute atomic E-state index is 5.54. The van der Waals surface area contributed by atoms with Crippen LogP contribution in [0.5, 0.6) is 0 Å². The summed E-state index contributed by atoms with van der Waals surface area (Å²) in [5.74, 6) is 0.551. The van der Waals surface area contributed by atoms with Crippen LogP contribution in [-0.4, -0.2) is 30.6 Å². The van der Waals surface area contributed by atoms with Gasteiger partial charge < -0.3 is 11.1 Å². The SMILES string of the molecule is CN=C(N)NCC1(SC)CCC1. The second kappa shape index (κ2) is 4.03. The molecule has 0 aromatic rings. The molecule has 0 spiro atoms. The molecule has 0 bridgehead atoms. The highest BCUT2D eigenvalue weighted by atomic mass is 32.2. The summed E-state index contributed by atoms with van der Waals surface area (Å²) in [6.07, 6.45) is 6.13. The highest BCUT2D eigenvalue weighted by molar-refractivity contribution is 8.00. The average Bonchev–Trinajstić information content (AvgIpc) is 2.03. The largest absolute Gasteiger partial charge is 0.370 e. The van der Waals surface area contributed by atoms with E-state index < -0.39 is 0 Å². The standard InChI is InChI=1S/C8H17N3S/c1-10-7(9)11-6-8(12-2)4-3-5-8/h3-6H2,1-2H3,(H3,9,10,11). The van der Waals surface area contributed by atoms with Crippen LogP contribution < -0.4 is 11.1 Å². The van der Waals surface area contributed by atoms with Gasteiger partial charge in [0.15, 0.2) is 5.96 Å². The van der Waals surface area contributed by atoms with Crippen molar-refractivity contribution in [2.45, 2.75) is 24.0 Å². The van der Waals surface area contributed by atoms with Crippen molar-refractivity contribution in [3.63, 3.8) is 0 Å². The van der Waals surface area contributed by atoms with Gasteiger partial charge in [-0.3, -0.25) is 4.99 Å². The Hall–Kier alpha value is -0.380. The van der Waals surface area contributed by atoms with Crippen LogP contribution in [0.25, 0.3) is 0 Å². The van der Waals surface area contributed by atoms with Crippen molar-refractivity contribution in [3.05, 3.63) is 0 Å². The third-order valence-corrected chi connectivity index (χ3v) is 3.95. The average molecular weight is 187 g/mol. The van der Waals surface area contributed by atoms with Gasteiger partial charge in [-0.15, -0.1) is 0 Å². The zero-order chi connectivity index (χ0) is 9.03. The molecule has 0 heterocycles. The van der Waals surface area contributed by atoms with Crippen LogP contribution >= 0.6 is 11.8 Å². The first-order chi connectivity index (χ1) is 5.72. The van der Waals surface area contributed by atoms with Gasteiger partial charge >= 0.3 is 0 Å². The number of hydrogen-bond donors (Lipinski definition) is 2. The van der Waals surface area contributed by atoms with E-state index in [1.54, 1.807) is 7.05 Å². The molecule has 0 atom stereocenters. The molecule has 3 N–H and O–H groups in total. The molecule has 0 radical (unpaired) electrons. The van der Waals surface area contributed by atoms with Crippen LogP contribution in [-0.2, 0) is 0 Å². The quantitative estimate of drug-likeness (QED) is 0.508. The monoisotopic (exact) mass is 187 g/mol. The third-order valence-electron chi connectivity index (χ3n) is 2.53. The summed E-state index contributed by atoms with van der Waals surface area (Å²) in [4.78, 5) is 3.86. The van der Waals surface area contributed by atoms with E-state index in [2.05, 4.69) is 16.6 Å². The maximum atomic E-state index is 5.54. The normalized spacial score (nSPS) is 21.7. The molecular formula is C8H17N3S. The predicted octanol–water partition coefficient (Wildman–Crippen LogP) is 0.806. The van der Waals surface area contributed by atoms with Gasteiger partial charge in [-0.25, -0.2) is 0 Å². The summed E-state index contributed by atoms with van der Waals surface area (Å²) in [6, 6.07) is 0. The summed E-state index contributed by atoms with van der Waals surface area (Å²) in [5.41, 5.74) is 5.54. The van der Waals surface area contributed by atoms with Crippen molar-refractivity contribution in [1.82, 2.24) is 5.32 Å². The van der Waals surface area contributed by atoms with Gasteiger partial charge in [0.05, 0.1) is 0 Å². The van der Waals surface area contributed by atoms with Crippen molar-refractivity contribution in [3.8, 4) is 0 Å². The molecule has 4 heteroatoms. The van der Waals surface area contributed by atoms with Crippen molar-refractivity contribution >= 4 is 17.7 Å². The second-order valence-corrected chi connectivity index (χ2v) is 4.48. The Labute approximate surface area is 78.2 Å². The van der Waals surface area contributed by atoms with Crippen LogP contribution in [0, 0.1) is 0 Å². The highest BCUT2D eigenvalue weighted by Crippen LogP contribution is 2.41. The van der Waals surface area contributed by atoms with Gasteiger partial charge in [-0.2, -0.15) is 11.8 Å². The minimum Gasteiger partial charge on any atom is -0.370 e. The van der Waals surface area contributed by atoms with Crippen molar-refractivity contribution in [1.29, 1.82) is 0 Å². The number of aliphatic imine (C=N–C) groups is 1. The van der Waals surface area contributed by atoms with Crippen LogP contribution in [0.15, 0.2) is 4.99 Å². The molecule has 1 fully saturated rings. The predicted molar refractivity (Wildman–Crippen MR) is 55.6 cm³/mol. The number of nitrogens with one attached hydrogen (secondary N) is 1. The van der Waals surface area contributed by atoms with Crippen LogP contribution in [0.2, 0.25) is 0 Å². The smallest absolute Gasteiger partial charge is 0.188 e. The van der Waals surface area contributed by atoms with Crippen LogP contribution in [0.4, 0.5) is 0 Å². The number of nitrogens with zero attached hydrogens (tertiary/aromatic N) is 1. The minimum absolute atomic E-state index is 0.440. The van der Waals surface area contributed by atoms with E-state index >= 15 is 0 Å². The molecule has 1 saturated carbocycles. The van der Waals surface area contributed by atoms with Gasteiger partial charge in [0.1, 0.15) is 0 Å². The number of rotatable bonds is 3. The fourth-order valence-corrected chi connectivity index (χ4v) is 2.27. The lowest BCUT2D eigenvalue weighted by atomic mass is 9.84. The maximum Gasteiger partial charge on any atom is 0.188 e. The van der Waals surface area contributed by atoms with Gasteiger partial charge in [-0.05, 0) is 19.1 Å². The van der Waals surface area contributed by atoms with Crippen LogP contribution in [0.3, 0.4) is 0 Å². The van der Waals surface area contributed by atoms with E-state index in [1.807, 2.05) is 11.8 Å². The van der Waals surface area contributed by atoms with Gasteiger partial charge in [0.25, 0.3) is 0 Å². The molecule has 1 rings (SSSR count). The summed E-state index contributed by atoms with van der Waals surface area (Å²) in [5, 5.41) is 3.13. The number of nitrogens with two attached hydrogens (primary N) is 1. The van der Waals surface area contributed by atoms with Crippen LogP contribution in [0.1, 0.15) is 19.3 Å². The van der Waals surface area contributed by atoms with Crippen molar-refractivity contribution in [2.24, 2.45) is 10.7 Å².